The van der Waals surface area contributed by atoms with Crippen molar-refractivity contribution in [1.82, 2.24) is 5.32 Å². The van der Waals surface area contributed by atoms with Crippen molar-refractivity contribution in [3.63, 3.8) is 0 Å². The van der Waals surface area contributed by atoms with Gasteiger partial charge in [0.25, 0.3) is 0 Å². The van der Waals surface area contributed by atoms with Crippen LogP contribution in [0, 0.1) is 5.82 Å². The van der Waals surface area contributed by atoms with Crippen molar-refractivity contribution in [1.29, 1.82) is 0 Å². The Morgan fingerprint density at radius 3 is 2.61 bits per heavy atom. The Hall–Kier alpha value is -0.950. The average molecular weight is 283 g/mol. The molecule has 1 aromatic carbocycles. The number of benzene rings is 1. The van der Waals surface area contributed by atoms with Crippen LogP contribution in [0.15, 0.2) is 18.2 Å². The van der Waals surface area contributed by atoms with Crippen LogP contribution in [0.1, 0.15) is 5.56 Å². The second kappa shape index (κ2) is 6.84. The van der Waals surface area contributed by atoms with E-state index in [4.69, 9.17) is 4.74 Å². The van der Waals surface area contributed by atoms with Gasteiger partial charge >= 0.3 is 5.51 Å². The standard InChI is InChI=1S/C11H13F4NOS/c1-16-7-8-2-3-10(9(12)6-8)17-4-5-18-11(13,14)15/h2-3,6,16H,4-5,7H2,1H3. The topological polar surface area (TPSA) is 21.3 Å². The van der Waals surface area contributed by atoms with E-state index in [1.807, 2.05) is 0 Å². The van der Waals surface area contributed by atoms with E-state index in [0.29, 0.717) is 6.54 Å². The highest BCUT2D eigenvalue weighted by Crippen LogP contribution is 2.30. The Balaban J connectivity index is 2.43. The van der Waals surface area contributed by atoms with Crippen LogP contribution in [0.2, 0.25) is 0 Å². The zero-order valence-electron chi connectivity index (χ0n) is 9.68. The molecule has 2 nitrogen and oxygen atoms in total. The predicted molar refractivity (Wildman–Crippen MR) is 63.2 cm³/mol. The van der Waals surface area contributed by atoms with Crippen molar-refractivity contribution in [2.75, 3.05) is 19.4 Å². The van der Waals surface area contributed by atoms with Crippen LogP contribution in [0.25, 0.3) is 0 Å². The maximum Gasteiger partial charge on any atom is 0.441 e. The first-order valence-electron chi connectivity index (χ1n) is 5.19. The van der Waals surface area contributed by atoms with Gasteiger partial charge in [-0.3, -0.25) is 0 Å². The molecular formula is C11H13F4NOS. The highest BCUT2D eigenvalue weighted by molar-refractivity contribution is 8.00. The predicted octanol–water partition coefficient (Wildman–Crippen LogP) is 3.18. The molecule has 0 saturated heterocycles. The molecule has 102 valence electrons. The Labute approximate surface area is 107 Å². The molecule has 0 unspecified atom stereocenters. The minimum absolute atomic E-state index is 0.0300. The lowest BCUT2D eigenvalue weighted by Gasteiger charge is -2.09. The van der Waals surface area contributed by atoms with E-state index in [-0.39, 0.29) is 29.9 Å². The van der Waals surface area contributed by atoms with E-state index in [2.05, 4.69) is 5.32 Å². The molecule has 1 aromatic rings. The summed E-state index contributed by atoms with van der Waals surface area (Å²) in [4.78, 5) is 0. The van der Waals surface area contributed by atoms with Crippen LogP contribution in [-0.2, 0) is 6.54 Å². The smallest absolute Gasteiger partial charge is 0.441 e. The van der Waals surface area contributed by atoms with Gasteiger partial charge in [-0.1, -0.05) is 6.07 Å². The summed E-state index contributed by atoms with van der Waals surface area (Å²) >= 11 is -0.187. The lowest BCUT2D eigenvalue weighted by Crippen LogP contribution is -2.09. The zero-order chi connectivity index (χ0) is 13.6. The third-order valence-corrected chi connectivity index (χ3v) is 2.68. The van der Waals surface area contributed by atoms with Gasteiger partial charge in [0.2, 0.25) is 0 Å². The minimum Gasteiger partial charge on any atom is -0.490 e. The van der Waals surface area contributed by atoms with Gasteiger partial charge in [-0.05, 0) is 36.5 Å². The van der Waals surface area contributed by atoms with Crippen LogP contribution >= 0.6 is 11.8 Å². The Morgan fingerprint density at radius 1 is 1.33 bits per heavy atom. The monoisotopic (exact) mass is 283 g/mol. The van der Waals surface area contributed by atoms with Crippen LogP contribution in [0.3, 0.4) is 0 Å². The molecule has 0 atom stereocenters. The van der Waals surface area contributed by atoms with Gasteiger partial charge in [0.05, 0.1) is 6.61 Å². The molecule has 0 aliphatic carbocycles. The summed E-state index contributed by atoms with van der Waals surface area (Å²) in [5.41, 5.74) is -3.54. The van der Waals surface area contributed by atoms with Gasteiger partial charge < -0.3 is 10.1 Å². The Kier molecular flexibility index (Phi) is 5.74. The van der Waals surface area contributed by atoms with Crippen molar-refractivity contribution in [2.45, 2.75) is 12.1 Å². The normalized spacial score (nSPS) is 11.6. The van der Waals surface area contributed by atoms with Crippen LogP contribution in [0.5, 0.6) is 5.75 Å². The van der Waals surface area contributed by atoms with Crippen LogP contribution in [0.4, 0.5) is 17.6 Å². The second-order valence-corrected chi connectivity index (χ2v) is 4.60. The molecule has 0 aliphatic rings. The molecule has 0 fully saturated rings. The van der Waals surface area contributed by atoms with Gasteiger partial charge in [0, 0.05) is 12.3 Å². The van der Waals surface area contributed by atoms with E-state index in [9.17, 15) is 17.6 Å². The molecule has 0 aromatic heterocycles. The quantitative estimate of drug-likeness (QED) is 0.640. The molecule has 0 radical (unpaired) electrons. The Bertz CT molecular complexity index is 384. The number of halogens is 4. The molecule has 18 heavy (non-hydrogen) atoms. The maximum atomic E-state index is 13.5. The third-order valence-electron chi connectivity index (χ3n) is 1.98. The van der Waals surface area contributed by atoms with E-state index < -0.39 is 11.3 Å². The van der Waals surface area contributed by atoms with Crippen molar-refractivity contribution >= 4 is 11.8 Å². The van der Waals surface area contributed by atoms with Crippen molar-refractivity contribution < 1.29 is 22.3 Å². The molecule has 0 amide bonds. The molecule has 0 spiro atoms. The van der Waals surface area contributed by atoms with Crippen molar-refractivity contribution in [3.05, 3.63) is 29.6 Å². The Morgan fingerprint density at radius 2 is 2.06 bits per heavy atom. The number of hydrogen-bond donors (Lipinski definition) is 1. The largest absolute Gasteiger partial charge is 0.490 e. The van der Waals surface area contributed by atoms with Gasteiger partial charge in [0.15, 0.2) is 11.6 Å². The molecule has 0 heterocycles. The van der Waals surface area contributed by atoms with Crippen LogP contribution < -0.4 is 10.1 Å². The highest BCUT2D eigenvalue weighted by atomic mass is 32.2. The number of hydrogen-bond acceptors (Lipinski definition) is 3. The maximum absolute atomic E-state index is 13.5. The number of alkyl halides is 3. The molecule has 0 saturated carbocycles. The SMILES string of the molecule is CNCc1ccc(OCCSC(F)(F)F)c(F)c1. The van der Waals surface area contributed by atoms with E-state index in [1.165, 1.54) is 12.1 Å². The van der Waals surface area contributed by atoms with Crippen molar-refractivity contribution in [3.8, 4) is 5.75 Å². The average Bonchev–Trinajstić information content (AvgIpc) is 2.26. The van der Waals surface area contributed by atoms with Gasteiger partial charge in [-0.2, -0.15) is 13.2 Å². The van der Waals surface area contributed by atoms with E-state index >= 15 is 0 Å². The molecule has 0 aliphatic heterocycles. The molecule has 1 rings (SSSR count). The summed E-state index contributed by atoms with van der Waals surface area (Å²) in [7, 11) is 1.73. The number of thioether (sulfide) groups is 1. The molecular weight excluding hydrogens is 270 g/mol. The lowest BCUT2D eigenvalue weighted by atomic mass is 10.2. The van der Waals surface area contributed by atoms with E-state index in [0.717, 1.165) is 5.56 Å². The fourth-order valence-corrected chi connectivity index (χ4v) is 1.68. The van der Waals surface area contributed by atoms with Gasteiger partial charge in [-0.25, -0.2) is 4.39 Å². The second-order valence-electron chi connectivity index (χ2n) is 3.44. The van der Waals surface area contributed by atoms with E-state index in [1.54, 1.807) is 13.1 Å². The number of nitrogens with one attached hydrogen (secondary N) is 1. The van der Waals surface area contributed by atoms with Crippen molar-refractivity contribution in [2.24, 2.45) is 0 Å². The van der Waals surface area contributed by atoms with Gasteiger partial charge in [0.1, 0.15) is 0 Å². The first kappa shape index (κ1) is 15.1. The molecule has 1 N–H and O–H groups in total. The summed E-state index contributed by atoms with van der Waals surface area (Å²) in [5, 5.41) is 2.86. The summed E-state index contributed by atoms with van der Waals surface area (Å²) < 4.78 is 53.9. The third kappa shape index (κ3) is 5.59. The first-order chi connectivity index (χ1) is 8.42. The summed E-state index contributed by atoms with van der Waals surface area (Å²) in [6.07, 6.45) is 0. The highest BCUT2D eigenvalue weighted by Gasteiger charge is 2.27. The minimum atomic E-state index is -4.28. The van der Waals surface area contributed by atoms with Gasteiger partial charge in [-0.15, -0.1) is 0 Å². The van der Waals surface area contributed by atoms with Crippen LogP contribution in [-0.4, -0.2) is 24.9 Å². The number of rotatable bonds is 6. The fraction of sp³-hybridized carbons (Fsp3) is 0.455. The molecule has 0 bridgehead atoms. The number of ether oxygens (including phenoxy) is 1. The summed E-state index contributed by atoms with van der Waals surface area (Å²) in [5.74, 6) is -0.862. The first-order valence-corrected chi connectivity index (χ1v) is 6.17. The fourth-order valence-electron chi connectivity index (χ4n) is 1.28. The molecule has 7 heteroatoms. The summed E-state index contributed by atoms with van der Waals surface area (Å²) in [6.45, 7) is 0.327. The zero-order valence-corrected chi connectivity index (χ0v) is 10.5. The lowest BCUT2D eigenvalue weighted by molar-refractivity contribution is -0.0329. The summed E-state index contributed by atoms with van der Waals surface area (Å²) in [6, 6.07) is 4.37.